The van der Waals surface area contributed by atoms with E-state index in [1.54, 1.807) is 19.2 Å². The molecule has 0 saturated carbocycles. The van der Waals surface area contributed by atoms with E-state index in [0.29, 0.717) is 17.2 Å². The van der Waals surface area contributed by atoms with Crippen LogP contribution in [0.25, 0.3) is 0 Å². The van der Waals surface area contributed by atoms with Gasteiger partial charge in [-0.05, 0) is 35.9 Å². The summed E-state index contributed by atoms with van der Waals surface area (Å²) in [6.07, 6.45) is 0. The number of amides is 1. The molecular weight excluding hydrogens is 356 g/mol. The second-order valence-electron chi connectivity index (χ2n) is 5.65. The highest BCUT2D eigenvalue weighted by atomic mass is 32.2. The van der Waals surface area contributed by atoms with Crippen LogP contribution in [0.5, 0.6) is 11.5 Å². The van der Waals surface area contributed by atoms with Gasteiger partial charge in [-0.15, -0.1) is 0 Å². The van der Waals surface area contributed by atoms with E-state index in [0.717, 1.165) is 5.56 Å². The van der Waals surface area contributed by atoms with E-state index in [4.69, 9.17) is 9.47 Å². The Bertz CT molecular complexity index is 879. The lowest BCUT2D eigenvalue weighted by Gasteiger charge is -2.19. The molecule has 1 amide bonds. The smallest absolute Gasteiger partial charge is 0.243 e. The Labute approximate surface area is 153 Å². The molecule has 2 aromatic carbocycles. The summed E-state index contributed by atoms with van der Waals surface area (Å²) in [6.45, 7) is 1.55. The van der Waals surface area contributed by atoms with Crippen molar-refractivity contribution in [3.05, 3.63) is 48.0 Å². The molecule has 0 spiro atoms. The second kappa shape index (κ2) is 8.20. The van der Waals surface area contributed by atoms with Crippen LogP contribution in [0.15, 0.2) is 47.4 Å². The van der Waals surface area contributed by atoms with Crippen LogP contribution in [-0.4, -0.2) is 39.9 Å². The van der Waals surface area contributed by atoms with E-state index < -0.39 is 10.0 Å². The monoisotopic (exact) mass is 378 g/mol. The number of benzene rings is 2. The molecule has 0 heterocycles. The lowest BCUT2D eigenvalue weighted by molar-refractivity contribution is -0.114. The number of rotatable bonds is 7. The highest BCUT2D eigenvalue weighted by molar-refractivity contribution is 7.89. The van der Waals surface area contributed by atoms with E-state index in [2.05, 4.69) is 5.32 Å². The highest BCUT2D eigenvalue weighted by Gasteiger charge is 2.22. The molecule has 7 nitrogen and oxygen atoms in total. The Balaban J connectivity index is 2.28. The topological polar surface area (TPSA) is 84.9 Å². The van der Waals surface area contributed by atoms with Crippen LogP contribution in [0.3, 0.4) is 0 Å². The Kier molecular flexibility index (Phi) is 6.23. The van der Waals surface area contributed by atoms with Crippen molar-refractivity contribution in [2.24, 2.45) is 0 Å². The number of hydrogen-bond donors (Lipinski definition) is 1. The minimum absolute atomic E-state index is 0.0676. The molecule has 2 rings (SSSR count). The number of ether oxygens (including phenoxy) is 2. The molecule has 0 aromatic heterocycles. The molecule has 0 fully saturated rings. The van der Waals surface area contributed by atoms with Gasteiger partial charge in [0.05, 0.1) is 24.8 Å². The molecule has 0 radical (unpaired) electrons. The zero-order chi connectivity index (χ0) is 19.3. The molecule has 2 aromatic rings. The van der Waals surface area contributed by atoms with Crippen LogP contribution in [0.2, 0.25) is 0 Å². The van der Waals surface area contributed by atoms with E-state index in [1.165, 1.54) is 43.6 Å². The zero-order valence-corrected chi connectivity index (χ0v) is 16.0. The number of carbonyl (C=O) groups excluding carboxylic acids is 1. The van der Waals surface area contributed by atoms with Crippen molar-refractivity contribution in [1.82, 2.24) is 4.31 Å². The number of anilines is 1. The average molecular weight is 378 g/mol. The zero-order valence-electron chi connectivity index (χ0n) is 15.1. The van der Waals surface area contributed by atoms with Gasteiger partial charge in [-0.3, -0.25) is 4.79 Å². The van der Waals surface area contributed by atoms with Crippen LogP contribution in [0.4, 0.5) is 5.69 Å². The molecule has 8 heteroatoms. The van der Waals surface area contributed by atoms with Gasteiger partial charge in [0.2, 0.25) is 15.9 Å². The van der Waals surface area contributed by atoms with Gasteiger partial charge in [-0.1, -0.05) is 12.1 Å². The summed E-state index contributed by atoms with van der Waals surface area (Å²) >= 11 is 0. The average Bonchev–Trinajstić information content (AvgIpc) is 2.61. The van der Waals surface area contributed by atoms with Gasteiger partial charge >= 0.3 is 0 Å². The third-order valence-corrected chi connectivity index (χ3v) is 5.55. The van der Waals surface area contributed by atoms with E-state index in [1.807, 2.05) is 12.1 Å². The molecule has 0 aliphatic carbocycles. The van der Waals surface area contributed by atoms with Crippen LogP contribution in [-0.2, 0) is 21.4 Å². The lowest BCUT2D eigenvalue weighted by Crippen LogP contribution is -2.26. The van der Waals surface area contributed by atoms with Crippen molar-refractivity contribution in [3.63, 3.8) is 0 Å². The molecule has 0 bridgehead atoms. The maximum atomic E-state index is 12.8. The first-order chi connectivity index (χ1) is 12.3. The fourth-order valence-electron chi connectivity index (χ4n) is 2.39. The van der Waals surface area contributed by atoms with Gasteiger partial charge in [0.25, 0.3) is 0 Å². The number of nitrogens with zero attached hydrogens (tertiary/aromatic N) is 1. The number of hydrogen-bond acceptors (Lipinski definition) is 5. The predicted octanol–water partition coefficient (Wildman–Crippen LogP) is 2.48. The lowest BCUT2D eigenvalue weighted by atomic mass is 10.2. The summed E-state index contributed by atoms with van der Waals surface area (Å²) < 4.78 is 37.2. The molecule has 0 atom stereocenters. The summed E-state index contributed by atoms with van der Waals surface area (Å²) in [5.41, 5.74) is 1.13. The van der Waals surface area contributed by atoms with Crippen LogP contribution in [0.1, 0.15) is 12.5 Å². The summed E-state index contributed by atoms with van der Waals surface area (Å²) in [4.78, 5) is 11.4. The molecule has 0 aliphatic rings. The summed E-state index contributed by atoms with van der Waals surface area (Å²) in [5.74, 6) is 0.774. The number of nitrogens with one attached hydrogen (secondary N) is 1. The Morgan fingerprint density at radius 1 is 1.08 bits per heavy atom. The minimum atomic E-state index is -3.74. The second-order valence-corrected chi connectivity index (χ2v) is 7.70. The molecule has 26 heavy (non-hydrogen) atoms. The number of methoxy groups -OCH3 is 2. The third-order valence-electron chi connectivity index (χ3n) is 3.75. The fourth-order valence-corrected chi connectivity index (χ4v) is 3.57. The quantitative estimate of drug-likeness (QED) is 0.800. The molecule has 140 valence electrons. The SMILES string of the molecule is COc1ccc(CN(C)S(=O)(=O)c2ccc(OC)c(NC(C)=O)c2)cc1. The van der Waals surface area contributed by atoms with Gasteiger partial charge in [0.15, 0.2) is 0 Å². The van der Waals surface area contributed by atoms with E-state index in [9.17, 15) is 13.2 Å². The standard InChI is InChI=1S/C18H22N2O5S/c1-13(21)19-17-11-16(9-10-18(17)25-4)26(22,23)20(2)12-14-5-7-15(24-3)8-6-14/h5-11H,12H2,1-4H3,(H,19,21). The Morgan fingerprint density at radius 3 is 2.27 bits per heavy atom. The van der Waals surface area contributed by atoms with Crippen molar-refractivity contribution in [3.8, 4) is 11.5 Å². The maximum Gasteiger partial charge on any atom is 0.243 e. The molecule has 0 saturated heterocycles. The van der Waals surface area contributed by atoms with E-state index >= 15 is 0 Å². The maximum absolute atomic E-state index is 12.8. The predicted molar refractivity (Wildman–Crippen MR) is 98.9 cm³/mol. The first kappa shape index (κ1) is 19.7. The van der Waals surface area contributed by atoms with Gasteiger partial charge in [0.1, 0.15) is 11.5 Å². The summed E-state index contributed by atoms with van der Waals surface area (Å²) in [7, 11) is 0.781. The van der Waals surface area contributed by atoms with Gasteiger partial charge < -0.3 is 14.8 Å². The highest BCUT2D eigenvalue weighted by Crippen LogP contribution is 2.29. The number of sulfonamides is 1. The molecule has 0 unspecified atom stereocenters. The van der Waals surface area contributed by atoms with Crippen LogP contribution < -0.4 is 14.8 Å². The first-order valence-corrected chi connectivity index (χ1v) is 9.27. The number of carbonyl (C=O) groups is 1. The molecule has 1 N–H and O–H groups in total. The van der Waals surface area contributed by atoms with Crippen molar-refractivity contribution in [1.29, 1.82) is 0 Å². The van der Waals surface area contributed by atoms with Crippen LogP contribution >= 0.6 is 0 Å². The van der Waals surface area contributed by atoms with Gasteiger partial charge in [-0.2, -0.15) is 4.31 Å². The molecule has 0 aliphatic heterocycles. The fraction of sp³-hybridized carbons (Fsp3) is 0.278. The Hall–Kier alpha value is -2.58. The van der Waals surface area contributed by atoms with Crippen molar-refractivity contribution in [2.45, 2.75) is 18.4 Å². The van der Waals surface area contributed by atoms with E-state index in [-0.39, 0.29) is 17.3 Å². The normalized spacial score (nSPS) is 11.3. The Morgan fingerprint density at radius 2 is 1.73 bits per heavy atom. The third kappa shape index (κ3) is 4.53. The largest absolute Gasteiger partial charge is 0.497 e. The van der Waals surface area contributed by atoms with Crippen molar-refractivity contribution in [2.75, 3.05) is 26.6 Å². The van der Waals surface area contributed by atoms with Crippen LogP contribution in [0, 0.1) is 0 Å². The van der Waals surface area contributed by atoms with Crippen molar-refractivity contribution < 1.29 is 22.7 Å². The minimum Gasteiger partial charge on any atom is -0.497 e. The summed E-state index contributed by atoms with van der Waals surface area (Å²) in [5, 5.41) is 2.58. The van der Waals surface area contributed by atoms with Gasteiger partial charge in [-0.25, -0.2) is 8.42 Å². The van der Waals surface area contributed by atoms with Crippen molar-refractivity contribution >= 4 is 21.6 Å². The first-order valence-electron chi connectivity index (χ1n) is 7.83. The summed E-state index contributed by atoms with van der Waals surface area (Å²) in [6, 6.07) is 11.5. The van der Waals surface area contributed by atoms with Gasteiger partial charge in [0, 0.05) is 20.5 Å². The molecular formula is C18H22N2O5S.